The fraction of sp³-hybridized carbons (Fsp3) is 0.138. The van der Waals surface area contributed by atoms with Gasteiger partial charge in [-0.3, -0.25) is 14.9 Å². The molecule has 0 aliphatic heterocycles. The summed E-state index contributed by atoms with van der Waals surface area (Å²) >= 11 is 0. The second-order valence-electron chi connectivity index (χ2n) is 8.26. The van der Waals surface area contributed by atoms with E-state index >= 15 is 0 Å². The molecule has 0 saturated heterocycles. The van der Waals surface area contributed by atoms with Crippen molar-refractivity contribution in [3.63, 3.8) is 0 Å². The van der Waals surface area contributed by atoms with Crippen LogP contribution in [-0.4, -0.2) is 35.7 Å². The molecule has 0 aliphatic rings. The average molecular weight is 528 g/mol. The van der Waals surface area contributed by atoms with Gasteiger partial charge in [0, 0.05) is 11.6 Å². The van der Waals surface area contributed by atoms with Crippen LogP contribution in [0.4, 0.5) is 5.69 Å². The van der Waals surface area contributed by atoms with E-state index in [1.165, 1.54) is 31.3 Å². The van der Waals surface area contributed by atoms with E-state index in [4.69, 9.17) is 14.2 Å². The highest BCUT2D eigenvalue weighted by molar-refractivity contribution is 6.04. The second kappa shape index (κ2) is 12.3. The Labute approximate surface area is 224 Å². The summed E-state index contributed by atoms with van der Waals surface area (Å²) in [6.45, 7) is 3.83. The summed E-state index contributed by atoms with van der Waals surface area (Å²) in [6, 6.07) is 23.3. The normalized spacial score (nSPS) is 11.6. The molecule has 10 heteroatoms. The number of hydrogen-bond donors (Lipinski definition) is 1. The molecule has 1 N–H and O–H groups in total. The van der Waals surface area contributed by atoms with Crippen molar-refractivity contribution in [2.75, 3.05) is 6.61 Å². The molecule has 0 bridgehead atoms. The molecule has 0 fully saturated rings. The molecule has 0 aliphatic carbocycles. The zero-order valence-corrected chi connectivity index (χ0v) is 21.2. The number of para-hydroxylation sites is 2. The van der Waals surface area contributed by atoms with E-state index in [1.54, 1.807) is 36.4 Å². The lowest BCUT2D eigenvalue weighted by molar-refractivity contribution is -0.386. The Bertz CT molecular complexity index is 1530. The van der Waals surface area contributed by atoms with Gasteiger partial charge in [-0.15, -0.1) is 0 Å². The van der Waals surface area contributed by atoms with Crippen molar-refractivity contribution in [3.8, 4) is 17.2 Å². The largest absolute Gasteiger partial charge is 0.494 e. The van der Waals surface area contributed by atoms with E-state index < -0.39 is 22.9 Å². The number of ether oxygens (including phenoxy) is 3. The predicted molar refractivity (Wildman–Crippen MR) is 145 cm³/mol. The number of carbonyl (C=O) groups excluding carboxylic acids is 2. The Morgan fingerprint density at radius 2 is 1.69 bits per heavy atom. The number of rotatable bonds is 10. The van der Waals surface area contributed by atoms with Gasteiger partial charge < -0.3 is 14.2 Å². The van der Waals surface area contributed by atoms with Gasteiger partial charge in [-0.05, 0) is 61.0 Å². The average Bonchev–Trinajstić information content (AvgIpc) is 2.94. The molecule has 0 radical (unpaired) electrons. The second-order valence-corrected chi connectivity index (χ2v) is 8.26. The SMILES string of the molecule is CCOc1ccc(C(=O)Oc2ccc3ccccc3c2/C=N/NC(=O)C(C)Oc2ccccc2[N+](=O)[O-])cc1. The van der Waals surface area contributed by atoms with Crippen molar-refractivity contribution in [2.24, 2.45) is 5.10 Å². The Morgan fingerprint density at radius 1 is 0.974 bits per heavy atom. The third-order valence-electron chi connectivity index (χ3n) is 5.64. The standard InChI is InChI=1S/C29H25N3O7/c1-3-37-22-15-12-21(13-16-22)29(34)39-26-17-14-20-8-4-5-9-23(20)24(26)18-30-31-28(33)19(2)38-27-11-7-6-10-25(27)32(35)36/h4-19H,3H2,1-2H3,(H,31,33)/b30-18+. The number of amides is 1. The summed E-state index contributed by atoms with van der Waals surface area (Å²) in [5, 5.41) is 16.9. The summed E-state index contributed by atoms with van der Waals surface area (Å²) in [6.07, 6.45) is 0.298. The van der Waals surface area contributed by atoms with Crippen LogP contribution in [0.1, 0.15) is 29.8 Å². The van der Waals surface area contributed by atoms with E-state index in [9.17, 15) is 19.7 Å². The molecule has 4 aromatic rings. The van der Waals surface area contributed by atoms with Gasteiger partial charge in [0.2, 0.25) is 0 Å². The highest BCUT2D eigenvalue weighted by atomic mass is 16.6. The first-order valence-electron chi connectivity index (χ1n) is 12.1. The topological polar surface area (TPSA) is 129 Å². The molecule has 0 spiro atoms. The lowest BCUT2D eigenvalue weighted by Gasteiger charge is -2.13. The molecule has 1 unspecified atom stereocenters. The number of esters is 1. The maximum Gasteiger partial charge on any atom is 0.343 e. The molecule has 0 heterocycles. The van der Waals surface area contributed by atoms with E-state index in [0.717, 1.165) is 10.8 Å². The van der Waals surface area contributed by atoms with Crippen molar-refractivity contribution in [3.05, 3.63) is 106 Å². The van der Waals surface area contributed by atoms with Gasteiger partial charge >= 0.3 is 11.7 Å². The number of nitrogens with one attached hydrogen (secondary N) is 1. The van der Waals surface area contributed by atoms with Crippen LogP contribution in [0, 0.1) is 10.1 Å². The number of hydrogen-bond acceptors (Lipinski definition) is 8. The summed E-state index contributed by atoms with van der Waals surface area (Å²) in [4.78, 5) is 36.1. The molecule has 1 atom stereocenters. The van der Waals surface area contributed by atoms with E-state index in [1.807, 2.05) is 37.3 Å². The minimum absolute atomic E-state index is 0.0355. The number of carbonyl (C=O) groups is 2. The van der Waals surface area contributed by atoms with Crippen LogP contribution in [-0.2, 0) is 4.79 Å². The monoisotopic (exact) mass is 527 g/mol. The fourth-order valence-corrected chi connectivity index (χ4v) is 3.71. The van der Waals surface area contributed by atoms with E-state index in [-0.39, 0.29) is 17.2 Å². The molecular formula is C29H25N3O7. The van der Waals surface area contributed by atoms with Gasteiger partial charge in [0.25, 0.3) is 5.91 Å². The van der Waals surface area contributed by atoms with Crippen molar-refractivity contribution < 1.29 is 28.7 Å². The molecule has 39 heavy (non-hydrogen) atoms. The molecule has 4 rings (SSSR count). The summed E-state index contributed by atoms with van der Waals surface area (Å²) in [7, 11) is 0. The lowest BCUT2D eigenvalue weighted by atomic mass is 10.0. The summed E-state index contributed by atoms with van der Waals surface area (Å²) in [5.74, 6) is -0.346. The van der Waals surface area contributed by atoms with E-state index in [2.05, 4.69) is 10.5 Å². The maximum absolute atomic E-state index is 12.9. The first kappa shape index (κ1) is 26.8. The quantitative estimate of drug-likeness (QED) is 0.0976. The van der Waals surface area contributed by atoms with Gasteiger partial charge in [0.15, 0.2) is 11.9 Å². The van der Waals surface area contributed by atoms with Crippen molar-refractivity contribution in [2.45, 2.75) is 20.0 Å². The molecule has 4 aromatic carbocycles. The molecule has 198 valence electrons. The van der Waals surface area contributed by atoms with Crippen LogP contribution in [0.3, 0.4) is 0 Å². The molecule has 0 aromatic heterocycles. The summed E-state index contributed by atoms with van der Waals surface area (Å²) < 4.78 is 16.6. The molecule has 10 nitrogen and oxygen atoms in total. The van der Waals surface area contributed by atoms with Gasteiger partial charge in [-0.25, -0.2) is 10.2 Å². The van der Waals surface area contributed by atoms with Crippen LogP contribution < -0.4 is 19.6 Å². The van der Waals surface area contributed by atoms with Crippen LogP contribution in [0.2, 0.25) is 0 Å². The maximum atomic E-state index is 12.9. The van der Waals surface area contributed by atoms with Crippen LogP contribution in [0.15, 0.2) is 90.0 Å². The molecule has 0 saturated carbocycles. The minimum Gasteiger partial charge on any atom is -0.494 e. The number of nitro groups is 1. The van der Waals surface area contributed by atoms with Crippen molar-refractivity contribution in [1.82, 2.24) is 5.43 Å². The van der Waals surface area contributed by atoms with Gasteiger partial charge in [-0.2, -0.15) is 5.10 Å². The number of fused-ring (bicyclic) bond motifs is 1. The Kier molecular flexibility index (Phi) is 8.47. The van der Waals surface area contributed by atoms with Gasteiger partial charge in [-0.1, -0.05) is 42.5 Å². The first-order chi connectivity index (χ1) is 18.9. The first-order valence-corrected chi connectivity index (χ1v) is 12.1. The van der Waals surface area contributed by atoms with Crippen molar-refractivity contribution in [1.29, 1.82) is 0 Å². The number of benzene rings is 4. The summed E-state index contributed by atoms with van der Waals surface area (Å²) in [5.41, 5.74) is 2.93. The van der Waals surface area contributed by atoms with E-state index in [0.29, 0.717) is 23.5 Å². The molecular weight excluding hydrogens is 502 g/mol. The van der Waals surface area contributed by atoms with Gasteiger partial charge in [0.1, 0.15) is 11.5 Å². The van der Waals surface area contributed by atoms with Crippen molar-refractivity contribution >= 4 is 34.6 Å². The number of hydrazone groups is 1. The zero-order valence-electron chi connectivity index (χ0n) is 21.2. The third-order valence-corrected chi connectivity index (χ3v) is 5.64. The lowest BCUT2D eigenvalue weighted by Crippen LogP contribution is -2.33. The Hall–Kier alpha value is -5.25. The highest BCUT2D eigenvalue weighted by Crippen LogP contribution is 2.28. The Morgan fingerprint density at radius 3 is 2.44 bits per heavy atom. The zero-order chi connectivity index (χ0) is 27.8. The number of nitro benzene ring substituents is 1. The van der Waals surface area contributed by atoms with Crippen LogP contribution in [0.25, 0.3) is 10.8 Å². The minimum atomic E-state index is -1.08. The fourth-order valence-electron chi connectivity index (χ4n) is 3.71. The third kappa shape index (κ3) is 6.55. The van der Waals surface area contributed by atoms with Gasteiger partial charge in [0.05, 0.1) is 23.3 Å². The highest BCUT2D eigenvalue weighted by Gasteiger charge is 2.20. The Balaban J connectivity index is 1.52. The van der Waals surface area contributed by atoms with Crippen LogP contribution >= 0.6 is 0 Å². The number of nitrogens with zero attached hydrogens (tertiary/aromatic N) is 2. The smallest absolute Gasteiger partial charge is 0.343 e. The van der Waals surface area contributed by atoms with Crippen LogP contribution in [0.5, 0.6) is 17.2 Å². The predicted octanol–water partition coefficient (Wildman–Crippen LogP) is 5.28. The molecule has 1 amide bonds.